The summed E-state index contributed by atoms with van der Waals surface area (Å²) in [4.78, 5) is 26.6. The normalized spacial score (nSPS) is 14.5. The molecular formula is C25H49NO7. The molecule has 0 saturated carbocycles. The largest absolute Gasteiger partial charge is 0.460 e. The van der Waals surface area contributed by atoms with Crippen LogP contribution in [0.15, 0.2) is 0 Å². The Bertz CT molecular complexity index is 593. The molecule has 0 aliphatic heterocycles. The SMILES string of the molecule is CCC(C)(COCC(C)(C)CC(=O)OC(C)(C)C)CN(CCOCCO)C(=O)OC(C)(C)C. The fourth-order valence-electron chi connectivity index (χ4n) is 3.02. The minimum Gasteiger partial charge on any atom is -0.460 e. The van der Waals surface area contributed by atoms with Gasteiger partial charge >= 0.3 is 12.1 Å². The topological polar surface area (TPSA) is 94.5 Å². The third-order valence-corrected chi connectivity index (χ3v) is 4.81. The Hall–Kier alpha value is -1.38. The monoisotopic (exact) mass is 475 g/mol. The van der Waals surface area contributed by atoms with Gasteiger partial charge in [-0.1, -0.05) is 27.7 Å². The Morgan fingerprint density at radius 3 is 1.88 bits per heavy atom. The molecule has 0 spiro atoms. The van der Waals surface area contributed by atoms with E-state index >= 15 is 0 Å². The average molecular weight is 476 g/mol. The summed E-state index contributed by atoms with van der Waals surface area (Å²) in [5.41, 5.74) is -1.80. The van der Waals surface area contributed by atoms with Crippen molar-refractivity contribution in [2.45, 2.75) is 93.3 Å². The molecule has 0 aromatic heterocycles. The number of esters is 1. The Morgan fingerprint density at radius 2 is 1.39 bits per heavy atom. The van der Waals surface area contributed by atoms with Crippen molar-refractivity contribution in [2.75, 3.05) is 46.1 Å². The second-order valence-corrected chi connectivity index (χ2v) is 11.8. The van der Waals surface area contributed by atoms with E-state index in [2.05, 4.69) is 13.8 Å². The van der Waals surface area contributed by atoms with Crippen molar-refractivity contribution in [3.8, 4) is 0 Å². The number of aliphatic hydroxyl groups excluding tert-OH is 1. The predicted octanol–water partition coefficient (Wildman–Crippen LogP) is 4.42. The first-order valence-electron chi connectivity index (χ1n) is 11.9. The van der Waals surface area contributed by atoms with Crippen LogP contribution in [0.25, 0.3) is 0 Å². The molecule has 1 N–H and O–H groups in total. The molecule has 1 atom stereocenters. The molecule has 196 valence electrons. The number of hydrogen-bond donors (Lipinski definition) is 1. The molecule has 8 heteroatoms. The lowest BCUT2D eigenvalue weighted by atomic mass is 9.87. The minimum absolute atomic E-state index is 0.0635. The summed E-state index contributed by atoms with van der Waals surface area (Å²) in [6, 6.07) is 0. The smallest absolute Gasteiger partial charge is 0.410 e. The molecule has 0 aliphatic rings. The number of carbonyl (C=O) groups excluding carboxylic acids is 2. The molecule has 1 amide bonds. The number of amides is 1. The highest BCUT2D eigenvalue weighted by Crippen LogP contribution is 2.28. The first-order valence-corrected chi connectivity index (χ1v) is 11.9. The van der Waals surface area contributed by atoms with Crippen molar-refractivity contribution in [1.29, 1.82) is 0 Å². The van der Waals surface area contributed by atoms with Gasteiger partial charge in [0.05, 0.1) is 39.5 Å². The zero-order valence-electron chi connectivity index (χ0n) is 22.7. The van der Waals surface area contributed by atoms with Crippen LogP contribution < -0.4 is 0 Å². The summed E-state index contributed by atoms with van der Waals surface area (Å²) in [5, 5.41) is 8.92. The molecule has 0 fully saturated rings. The predicted molar refractivity (Wildman–Crippen MR) is 129 cm³/mol. The van der Waals surface area contributed by atoms with Gasteiger partial charge in [-0.15, -0.1) is 0 Å². The molecule has 0 bridgehead atoms. The Morgan fingerprint density at radius 1 is 0.818 bits per heavy atom. The number of aliphatic hydroxyl groups is 1. The fraction of sp³-hybridized carbons (Fsp3) is 0.920. The highest BCUT2D eigenvalue weighted by atomic mass is 16.6. The van der Waals surface area contributed by atoms with Gasteiger partial charge in [0.2, 0.25) is 0 Å². The summed E-state index contributed by atoms with van der Waals surface area (Å²) in [6.07, 6.45) is 0.648. The molecule has 0 rings (SSSR count). The second kappa shape index (κ2) is 13.5. The third-order valence-electron chi connectivity index (χ3n) is 4.81. The maximum Gasteiger partial charge on any atom is 0.410 e. The first-order chi connectivity index (χ1) is 14.9. The molecule has 0 saturated heterocycles. The van der Waals surface area contributed by atoms with Crippen LogP contribution in [-0.4, -0.2) is 79.4 Å². The molecule has 8 nitrogen and oxygen atoms in total. The lowest BCUT2D eigenvalue weighted by Gasteiger charge is -2.36. The zero-order chi connectivity index (χ0) is 25.9. The quantitative estimate of drug-likeness (QED) is 0.293. The van der Waals surface area contributed by atoms with E-state index in [0.29, 0.717) is 32.9 Å². The fourth-order valence-corrected chi connectivity index (χ4v) is 3.02. The maximum absolute atomic E-state index is 12.8. The molecule has 1 unspecified atom stereocenters. The lowest BCUT2D eigenvalue weighted by molar-refractivity contribution is -0.158. The van der Waals surface area contributed by atoms with Gasteiger partial charge in [-0.3, -0.25) is 4.79 Å². The molecule has 0 aromatic rings. The molecule has 0 heterocycles. The third kappa shape index (κ3) is 16.0. The maximum atomic E-state index is 12.8. The van der Waals surface area contributed by atoms with E-state index in [1.54, 1.807) is 4.90 Å². The van der Waals surface area contributed by atoms with Crippen molar-refractivity contribution in [3.05, 3.63) is 0 Å². The zero-order valence-corrected chi connectivity index (χ0v) is 22.7. The van der Waals surface area contributed by atoms with E-state index in [0.717, 1.165) is 6.42 Å². The van der Waals surface area contributed by atoms with Crippen molar-refractivity contribution in [3.63, 3.8) is 0 Å². The standard InChI is InChI=1S/C25H49NO7/c1-11-25(10,19-31-18-24(8,9)16-20(28)32-22(2,3)4)17-26(12-14-30-15-13-27)21(29)33-23(5,6)7/h27H,11-19H2,1-10H3. The Kier molecular flexibility index (Phi) is 12.9. The number of ether oxygens (including phenoxy) is 4. The van der Waals surface area contributed by atoms with Crippen LogP contribution in [0.2, 0.25) is 0 Å². The van der Waals surface area contributed by atoms with Crippen LogP contribution in [-0.2, 0) is 23.7 Å². The molecular weight excluding hydrogens is 426 g/mol. The van der Waals surface area contributed by atoms with Crippen molar-refractivity contribution in [2.24, 2.45) is 10.8 Å². The van der Waals surface area contributed by atoms with E-state index in [-0.39, 0.29) is 36.4 Å². The van der Waals surface area contributed by atoms with Gasteiger partial charge in [-0.25, -0.2) is 4.79 Å². The summed E-state index contributed by atoms with van der Waals surface area (Å²) in [6.45, 7) is 21.2. The van der Waals surface area contributed by atoms with E-state index in [1.165, 1.54) is 0 Å². The van der Waals surface area contributed by atoms with Gasteiger partial charge in [0, 0.05) is 18.5 Å². The highest BCUT2D eigenvalue weighted by molar-refractivity contribution is 5.70. The van der Waals surface area contributed by atoms with E-state index in [4.69, 9.17) is 24.1 Å². The van der Waals surface area contributed by atoms with Gasteiger partial charge in [0.15, 0.2) is 0 Å². The molecule has 0 aromatic carbocycles. The van der Waals surface area contributed by atoms with Gasteiger partial charge in [-0.05, 0) is 53.4 Å². The van der Waals surface area contributed by atoms with Crippen LogP contribution in [0, 0.1) is 10.8 Å². The minimum atomic E-state index is -0.605. The number of carbonyl (C=O) groups is 2. The highest BCUT2D eigenvalue weighted by Gasteiger charge is 2.32. The van der Waals surface area contributed by atoms with Crippen LogP contribution >= 0.6 is 0 Å². The van der Waals surface area contributed by atoms with Crippen LogP contribution in [0.3, 0.4) is 0 Å². The van der Waals surface area contributed by atoms with Crippen molar-refractivity contribution < 1.29 is 33.6 Å². The molecule has 0 radical (unpaired) electrons. The Labute approximate surface area is 201 Å². The second-order valence-electron chi connectivity index (χ2n) is 11.8. The van der Waals surface area contributed by atoms with Gasteiger partial charge in [0.1, 0.15) is 11.2 Å². The molecule has 33 heavy (non-hydrogen) atoms. The van der Waals surface area contributed by atoms with Crippen LogP contribution in [0.5, 0.6) is 0 Å². The summed E-state index contributed by atoms with van der Waals surface area (Å²) < 4.78 is 22.4. The average Bonchev–Trinajstić information content (AvgIpc) is 2.60. The van der Waals surface area contributed by atoms with Crippen LogP contribution in [0.1, 0.15) is 82.1 Å². The van der Waals surface area contributed by atoms with Gasteiger partial charge < -0.3 is 29.0 Å². The lowest BCUT2D eigenvalue weighted by Crippen LogP contribution is -2.46. The summed E-state index contributed by atoms with van der Waals surface area (Å²) >= 11 is 0. The van der Waals surface area contributed by atoms with Crippen LogP contribution in [0.4, 0.5) is 4.79 Å². The van der Waals surface area contributed by atoms with Crippen molar-refractivity contribution >= 4 is 12.1 Å². The number of rotatable bonds is 14. The van der Waals surface area contributed by atoms with E-state index < -0.39 is 17.3 Å². The summed E-state index contributed by atoms with van der Waals surface area (Å²) in [5.74, 6) is -0.242. The van der Waals surface area contributed by atoms with Gasteiger partial charge in [-0.2, -0.15) is 0 Å². The molecule has 0 aliphatic carbocycles. The first kappa shape index (κ1) is 31.6. The van der Waals surface area contributed by atoms with Crippen molar-refractivity contribution in [1.82, 2.24) is 4.90 Å². The number of nitrogens with zero attached hydrogens (tertiary/aromatic N) is 1. The van der Waals surface area contributed by atoms with E-state index in [1.807, 2.05) is 55.4 Å². The Balaban J connectivity index is 5.03. The van der Waals surface area contributed by atoms with Gasteiger partial charge in [0.25, 0.3) is 0 Å². The summed E-state index contributed by atoms with van der Waals surface area (Å²) in [7, 11) is 0. The van der Waals surface area contributed by atoms with E-state index in [9.17, 15) is 9.59 Å². The number of hydrogen-bond acceptors (Lipinski definition) is 7.